The van der Waals surface area contributed by atoms with Gasteiger partial charge in [0.2, 0.25) is 15.9 Å². The lowest BCUT2D eigenvalue weighted by Crippen LogP contribution is -2.31. The molecule has 0 aliphatic rings. The van der Waals surface area contributed by atoms with E-state index in [4.69, 9.17) is 0 Å². The van der Waals surface area contributed by atoms with Gasteiger partial charge in [-0.3, -0.25) is 4.79 Å². The summed E-state index contributed by atoms with van der Waals surface area (Å²) in [7, 11) is -0.601. The fourth-order valence-corrected chi connectivity index (χ4v) is 3.47. The first-order chi connectivity index (χ1) is 9.96. The van der Waals surface area contributed by atoms with Gasteiger partial charge in [0.05, 0.1) is 4.90 Å². The van der Waals surface area contributed by atoms with Crippen molar-refractivity contribution in [1.82, 2.24) is 9.62 Å². The van der Waals surface area contributed by atoms with E-state index in [0.29, 0.717) is 5.39 Å². The number of nitrogens with zero attached hydrogens (tertiary/aromatic N) is 1. The summed E-state index contributed by atoms with van der Waals surface area (Å²) in [5, 5.41) is 4.04. The highest BCUT2D eigenvalue weighted by atomic mass is 32.2. The average molecular weight is 306 g/mol. The first-order valence-electron chi connectivity index (χ1n) is 6.61. The zero-order chi connectivity index (χ0) is 15.5. The molecule has 2 aromatic carbocycles. The number of fused-ring (bicyclic) bond motifs is 1. The first kappa shape index (κ1) is 15.5. The van der Waals surface area contributed by atoms with Crippen LogP contribution >= 0.6 is 0 Å². The number of carbonyl (C=O) groups is 1. The van der Waals surface area contributed by atoms with Gasteiger partial charge in [-0.1, -0.05) is 36.4 Å². The highest BCUT2D eigenvalue weighted by molar-refractivity contribution is 7.89. The van der Waals surface area contributed by atoms with E-state index < -0.39 is 10.0 Å². The van der Waals surface area contributed by atoms with Crippen LogP contribution in [0.3, 0.4) is 0 Å². The Labute approximate surface area is 124 Å². The molecule has 0 aliphatic carbocycles. The Morgan fingerprint density at radius 3 is 2.52 bits per heavy atom. The van der Waals surface area contributed by atoms with Crippen LogP contribution in [-0.4, -0.2) is 39.3 Å². The van der Waals surface area contributed by atoms with E-state index in [0.717, 1.165) is 5.39 Å². The van der Waals surface area contributed by atoms with Crippen molar-refractivity contribution in [3.05, 3.63) is 42.5 Å². The number of hydrogen-bond donors (Lipinski definition) is 1. The topological polar surface area (TPSA) is 66.5 Å². The van der Waals surface area contributed by atoms with Crippen molar-refractivity contribution in [2.24, 2.45) is 0 Å². The third-order valence-electron chi connectivity index (χ3n) is 3.37. The third kappa shape index (κ3) is 3.22. The lowest BCUT2D eigenvalue weighted by Gasteiger charge is -2.18. The molecule has 0 aliphatic heterocycles. The number of benzene rings is 2. The molecule has 0 unspecified atom stereocenters. The molecule has 2 rings (SSSR count). The van der Waals surface area contributed by atoms with E-state index >= 15 is 0 Å². The molecular formula is C15H18N2O3S. The summed E-state index contributed by atoms with van der Waals surface area (Å²) in [6.45, 7) is 0.144. The zero-order valence-corrected chi connectivity index (χ0v) is 12.9. The molecule has 0 fully saturated rings. The number of carbonyl (C=O) groups excluding carboxylic acids is 1. The van der Waals surface area contributed by atoms with Crippen LogP contribution in [0, 0.1) is 0 Å². The van der Waals surface area contributed by atoms with Crippen LogP contribution in [0.1, 0.15) is 6.42 Å². The van der Waals surface area contributed by atoms with Crippen molar-refractivity contribution in [2.45, 2.75) is 11.3 Å². The third-order valence-corrected chi connectivity index (χ3v) is 5.29. The predicted molar refractivity (Wildman–Crippen MR) is 82.4 cm³/mol. The van der Waals surface area contributed by atoms with Crippen molar-refractivity contribution in [3.63, 3.8) is 0 Å². The standard InChI is InChI=1S/C15H18N2O3S/c1-16-15(18)10-11-17(2)21(19,20)14-9-5-7-12-6-3-4-8-13(12)14/h3-9H,10-11H2,1-2H3,(H,16,18). The Hall–Kier alpha value is -1.92. The lowest BCUT2D eigenvalue weighted by molar-refractivity contribution is -0.120. The molecule has 0 bridgehead atoms. The highest BCUT2D eigenvalue weighted by Crippen LogP contribution is 2.25. The summed E-state index contributed by atoms with van der Waals surface area (Å²) in [4.78, 5) is 11.5. The Bertz CT molecular complexity index is 751. The fourth-order valence-electron chi connectivity index (χ4n) is 2.09. The maximum Gasteiger partial charge on any atom is 0.243 e. The van der Waals surface area contributed by atoms with E-state index in [1.807, 2.05) is 24.3 Å². The van der Waals surface area contributed by atoms with E-state index in [1.54, 1.807) is 18.2 Å². The number of nitrogens with one attached hydrogen (secondary N) is 1. The van der Waals surface area contributed by atoms with Gasteiger partial charge in [0, 0.05) is 32.4 Å². The van der Waals surface area contributed by atoms with Crippen molar-refractivity contribution in [2.75, 3.05) is 20.6 Å². The Morgan fingerprint density at radius 1 is 1.14 bits per heavy atom. The number of rotatable bonds is 5. The van der Waals surface area contributed by atoms with Crippen molar-refractivity contribution in [3.8, 4) is 0 Å². The summed E-state index contributed by atoms with van der Waals surface area (Å²) < 4.78 is 26.5. The molecule has 1 amide bonds. The lowest BCUT2D eigenvalue weighted by atomic mass is 10.1. The van der Waals surface area contributed by atoms with Crippen LogP contribution in [0.4, 0.5) is 0 Å². The van der Waals surface area contributed by atoms with Gasteiger partial charge in [0.1, 0.15) is 0 Å². The van der Waals surface area contributed by atoms with Crippen LogP contribution in [0.15, 0.2) is 47.4 Å². The smallest absolute Gasteiger partial charge is 0.243 e. The van der Waals surface area contributed by atoms with Gasteiger partial charge in [-0.05, 0) is 11.5 Å². The highest BCUT2D eigenvalue weighted by Gasteiger charge is 2.23. The molecule has 5 nitrogen and oxygen atoms in total. The van der Waals surface area contributed by atoms with Gasteiger partial charge < -0.3 is 5.32 Å². The Morgan fingerprint density at radius 2 is 1.81 bits per heavy atom. The van der Waals surface area contributed by atoms with Gasteiger partial charge >= 0.3 is 0 Å². The molecule has 1 N–H and O–H groups in total. The molecule has 0 atom stereocenters. The summed E-state index contributed by atoms with van der Waals surface area (Å²) in [5.74, 6) is -0.185. The number of sulfonamides is 1. The second kappa shape index (κ2) is 6.24. The van der Waals surface area contributed by atoms with E-state index in [9.17, 15) is 13.2 Å². The van der Waals surface area contributed by atoms with Gasteiger partial charge in [-0.2, -0.15) is 0 Å². The molecule has 0 radical (unpaired) electrons. The quantitative estimate of drug-likeness (QED) is 0.912. The van der Waals surface area contributed by atoms with Gasteiger partial charge in [-0.15, -0.1) is 0 Å². The van der Waals surface area contributed by atoms with E-state index in [1.165, 1.54) is 18.4 Å². The first-order valence-corrected chi connectivity index (χ1v) is 8.05. The van der Waals surface area contributed by atoms with Gasteiger partial charge in [-0.25, -0.2) is 12.7 Å². The summed E-state index contributed by atoms with van der Waals surface area (Å²) >= 11 is 0. The number of hydrogen-bond acceptors (Lipinski definition) is 3. The van der Waals surface area contributed by atoms with E-state index in [2.05, 4.69) is 5.32 Å². The predicted octanol–water partition coefficient (Wildman–Crippen LogP) is 1.60. The maximum atomic E-state index is 12.6. The zero-order valence-electron chi connectivity index (χ0n) is 12.0. The summed E-state index contributed by atoms with van der Waals surface area (Å²) in [6.07, 6.45) is 0.136. The monoisotopic (exact) mass is 306 g/mol. The molecule has 112 valence electrons. The number of amides is 1. The molecule has 0 spiro atoms. The van der Waals surface area contributed by atoms with Gasteiger partial charge in [0.15, 0.2) is 0 Å². The van der Waals surface area contributed by atoms with Crippen molar-refractivity contribution >= 4 is 26.7 Å². The molecule has 0 saturated carbocycles. The Kier molecular flexibility index (Phi) is 4.59. The average Bonchev–Trinajstić information content (AvgIpc) is 2.51. The molecule has 0 heterocycles. The van der Waals surface area contributed by atoms with Crippen LogP contribution in [-0.2, 0) is 14.8 Å². The molecule has 0 saturated heterocycles. The second-order valence-electron chi connectivity index (χ2n) is 4.73. The van der Waals surface area contributed by atoms with Crippen molar-refractivity contribution in [1.29, 1.82) is 0 Å². The molecule has 0 aromatic heterocycles. The van der Waals surface area contributed by atoms with Gasteiger partial charge in [0.25, 0.3) is 0 Å². The molecular weight excluding hydrogens is 288 g/mol. The minimum Gasteiger partial charge on any atom is -0.359 e. The molecule has 2 aromatic rings. The normalized spacial score (nSPS) is 11.8. The van der Waals surface area contributed by atoms with Crippen LogP contribution in [0.5, 0.6) is 0 Å². The molecule has 21 heavy (non-hydrogen) atoms. The molecule has 6 heteroatoms. The Balaban J connectivity index is 2.35. The van der Waals surface area contributed by atoms with Crippen LogP contribution < -0.4 is 5.32 Å². The maximum absolute atomic E-state index is 12.6. The van der Waals surface area contributed by atoms with Crippen molar-refractivity contribution < 1.29 is 13.2 Å². The van der Waals surface area contributed by atoms with Crippen LogP contribution in [0.2, 0.25) is 0 Å². The minimum atomic E-state index is -3.62. The minimum absolute atomic E-state index is 0.136. The SMILES string of the molecule is CNC(=O)CCN(C)S(=O)(=O)c1cccc2ccccc12. The second-order valence-corrected chi connectivity index (χ2v) is 6.74. The van der Waals surface area contributed by atoms with Crippen LogP contribution in [0.25, 0.3) is 10.8 Å². The summed E-state index contributed by atoms with van der Waals surface area (Å²) in [6, 6.07) is 12.5. The fraction of sp³-hybridized carbons (Fsp3) is 0.267. The largest absolute Gasteiger partial charge is 0.359 e. The summed E-state index contributed by atoms with van der Waals surface area (Å²) in [5.41, 5.74) is 0. The van der Waals surface area contributed by atoms with E-state index in [-0.39, 0.29) is 23.8 Å².